The van der Waals surface area contributed by atoms with Crippen LogP contribution < -0.4 is 16.4 Å². The van der Waals surface area contributed by atoms with Gasteiger partial charge in [-0.25, -0.2) is 4.79 Å². The van der Waals surface area contributed by atoms with E-state index in [1.165, 1.54) is 15.3 Å². The zero-order valence-corrected chi connectivity index (χ0v) is 15.5. The molecule has 0 aliphatic heterocycles. The van der Waals surface area contributed by atoms with Crippen LogP contribution in [0.3, 0.4) is 0 Å². The molecule has 0 aliphatic carbocycles. The summed E-state index contributed by atoms with van der Waals surface area (Å²) in [6.07, 6.45) is 1.34. The smallest absolute Gasteiger partial charge is 0.331 e. The van der Waals surface area contributed by atoms with E-state index in [1.54, 1.807) is 55.6 Å². The number of carbonyl (C=O) groups is 1. The second-order valence-corrected chi connectivity index (χ2v) is 6.59. The maximum absolute atomic E-state index is 12.5. The predicted molar refractivity (Wildman–Crippen MR) is 107 cm³/mol. The molecule has 0 fully saturated rings. The quantitative estimate of drug-likeness (QED) is 0.555. The third-order valence-corrected chi connectivity index (χ3v) is 4.53. The standard InChI is InChI=1S/C21H17N3O5/c1-23-12-19(26)24(21(23)28)11-13-6-8-14(9-7-13)22-20(27)18-10-16(25)15-4-2-3-5-17(15)29-18/h2-10,12,26H,11H2,1H3,(H,22,27). The van der Waals surface area contributed by atoms with Gasteiger partial charge in [0.2, 0.25) is 5.88 Å². The number of aromatic nitrogens is 2. The zero-order valence-electron chi connectivity index (χ0n) is 15.5. The van der Waals surface area contributed by atoms with Gasteiger partial charge in [0.1, 0.15) is 5.58 Å². The van der Waals surface area contributed by atoms with Gasteiger partial charge >= 0.3 is 5.69 Å². The second kappa shape index (κ2) is 7.16. The van der Waals surface area contributed by atoms with Gasteiger partial charge in [-0.2, -0.15) is 0 Å². The first kappa shape index (κ1) is 18.3. The molecule has 0 aliphatic rings. The molecule has 2 aromatic carbocycles. The number of para-hydroxylation sites is 1. The predicted octanol–water partition coefficient (Wildman–Crippen LogP) is 2.30. The summed E-state index contributed by atoms with van der Waals surface area (Å²) in [6, 6.07) is 14.7. The van der Waals surface area contributed by atoms with Crippen LogP contribution in [0.4, 0.5) is 5.69 Å². The minimum atomic E-state index is -0.544. The molecule has 0 atom stereocenters. The highest BCUT2D eigenvalue weighted by molar-refractivity contribution is 6.02. The molecule has 0 unspecified atom stereocenters. The van der Waals surface area contributed by atoms with Gasteiger partial charge in [0, 0.05) is 18.8 Å². The molecule has 2 aromatic heterocycles. The fourth-order valence-corrected chi connectivity index (χ4v) is 3.02. The average Bonchev–Trinajstić information content (AvgIpc) is 2.95. The molecule has 8 heteroatoms. The maximum atomic E-state index is 12.5. The number of carbonyl (C=O) groups excluding carboxylic acids is 1. The lowest BCUT2D eigenvalue weighted by atomic mass is 10.2. The van der Waals surface area contributed by atoms with Crippen LogP contribution in [0.5, 0.6) is 5.88 Å². The van der Waals surface area contributed by atoms with E-state index in [9.17, 15) is 19.5 Å². The van der Waals surface area contributed by atoms with Gasteiger partial charge in [0.25, 0.3) is 5.91 Å². The van der Waals surface area contributed by atoms with Crippen molar-refractivity contribution in [1.29, 1.82) is 0 Å². The first-order chi connectivity index (χ1) is 13.9. The summed E-state index contributed by atoms with van der Waals surface area (Å²) in [5.41, 5.74) is 0.989. The van der Waals surface area contributed by atoms with Crippen LogP contribution in [0.25, 0.3) is 11.0 Å². The van der Waals surface area contributed by atoms with Gasteiger partial charge in [-0.15, -0.1) is 0 Å². The Morgan fingerprint density at radius 1 is 1.10 bits per heavy atom. The normalized spacial score (nSPS) is 10.9. The SMILES string of the molecule is Cn1cc(O)n(Cc2ccc(NC(=O)c3cc(=O)c4ccccc4o3)cc2)c1=O. The third kappa shape index (κ3) is 3.55. The van der Waals surface area contributed by atoms with E-state index in [4.69, 9.17) is 4.42 Å². The maximum Gasteiger partial charge on any atom is 0.331 e. The van der Waals surface area contributed by atoms with Crippen molar-refractivity contribution in [2.45, 2.75) is 6.54 Å². The van der Waals surface area contributed by atoms with Crippen LogP contribution in [0.1, 0.15) is 16.1 Å². The lowest BCUT2D eigenvalue weighted by Gasteiger charge is -2.07. The first-order valence-electron chi connectivity index (χ1n) is 8.80. The van der Waals surface area contributed by atoms with E-state index < -0.39 is 5.91 Å². The summed E-state index contributed by atoms with van der Waals surface area (Å²) in [6.45, 7) is 0.194. The summed E-state index contributed by atoms with van der Waals surface area (Å²) in [5.74, 6) is -0.753. The number of imidazole rings is 1. The summed E-state index contributed by atoms with van der Waals surface area (Å²) in [7, 11) is 1.56. The van der Waals surface area contributed by atoms with Crippen LogP contribution in [0.15, 0.2) is 74.8 Å². The Hall–Kier alpha value is -4.07. The summed E-state index contributed by atoms with van der Waals surface area (Å²) < 4.78 is 8.05. The first-order valence-corrected chi connectivity index (χ1v) is 8.80. The topological polar surface area (TPSA) is 106 Å². The van der Waals surface area contributed by atoms with Gasteiger partial charge < -0.3 is 14.8 Å². The van der Waals surface area contributed by atoms with Gasteiger partial charge in [-0.1, -0.05) is 24.3 Å². The number of anilines is 1. The Bertz CT molecular complexity index is 1330. The fraction of sp³-hybridized carbons (Fsp3) is 0.0952. The van der Waals surface area contributed by atoms with Crippen LogP contribution >= 0.6 is 0 Å². The number of nitrogens with one attached hydrogen (secondary N) is 1. The molecule has 8 nitrogen and oxygen atoms in total. The number of benzene rings is 2. The Morgan fingerprint density at radius 3 is 2.52 bits per heavy atom. The van der Waals surface area contributed by atoms with Crippen molar-refractivity contribution in [2.24, 2.45) is 7.05 Å². The number of aromatic hydroxyl groups is 1. The number of hydrogen-bond donors (Lipinski definition) is 2. The molecule has 0 bridgehead atoms. The molecule has 29 heavy (non-hydrogen) atoms. The Morgan fingerprint density at radius 2 is 1.83 bits per heavy atom. The largest absolute Gasteiger partial charge is 0.493 e. The summed E-state index contributed by atoms with van der Waals surface area (Å²) >= 11 is 0. The van der Waals surface area contributed by atoms with Gasteiger partial charge in [0.05, 0.1) is 18.1 Å². The molecule has 146 valence electrons. The monoisotopic (exact) mass is 391 g/mol. The van der Waals surface area contributed by atoms with Crippen LogP contribution in [-0.2, 0) is 13.6 Å². The number of aryl methyl sites for hydroxylation is 1. The Balaban J connectivity index is 1.52. The summed E-state index contributed by atoms with van der Waals surface area (Å²) in [4.78, 5) is 36.6. The number of hydrogen-bond acceptors (Lipinski definition) is 5. The van der Waals surface area contributed by atoms with Crippen molar-refractivity contribution in [1.82, 2.24) is 9.13 Å². The van der Waals surface area contributed by atoms with E-state index >= 15 is 0 Å². The number of fused-ring (bicyclic) bond motifs is 1. The molecule has 4 rings (SSSR count). The molecule has 0 saturated heterocycles. The van der Waals surface area contributed by atoms with E-state index in [0.29, 0.717) is 16.7 Å². The lowest BCUT2D eigenvalue weighted by Crippen LogP contribution is -2.22. The number of nitrogens with zero attached hydrogens (tertiary/aromatic N) is 2. The molecular weight excluding hydrogens is 374 g/mol. The van der Waals surface area contributed by atoms with Crippen molar-refractivity contribution < 1.29 is 14.3 Å². The fourth-order valence-electron chi connectivity index (χ4n) is 3.02. The Labute approximate surface area is 164 Å². The highest BCUT2D eigenvalue weighted by Gasteiger charge is 2.13. The minimum Gasteiger partial charge on any atom is -0.493 e. The van der Waals surface area contributed by atoms with E-state index in [2.05, 4.69) is 5.32 Å². The van der Waals surface area contributed by atoms with Crippen molar-refractivity contribution in [2.75, 3.05) is 5.32 Å². The van der Waals surface area contributed by atoms with E-state index in [0.717, 1.165) is 11.6 Å². The highest BCUT2D eigenvalue weighted by atomic mass is 16.3. The van der Waals surface area contributed by atoms with E-state index in [-0.39, 0.29) is 29.3 Å². The van der Waals surface area contributed by atoms with Crippen LogP contribution in [-0.4, -0.2) is 20.1 Å². The minimum absolute atomic E-state index is 0.0847. The van der Waals surface area contributed by atoms with Crippen molar-refractivity contribution >= 4 is 22.6 Å². The number of rotatable bonds is 4. The molecule has 0 radical (unpaired) electrons. The zero-order chi connectivity index (χ0) is 20.5. The molecule has 1 amide bonds. The van der Waals surface area contributed by atoms with Crippen molar-refractivity contribution in [3.8, 4) is 5.88 Å². The number of amides is 1. The molecule has 4 aromatic rings. The van der Waals surface area contributed by atoms with Crippen molar-refractivity contribution in [3.63, 3.8) is 0 Å². The molecule has 2 N–H and O–H groups in total. The van der Waals surface area contributed by atoms with E-state index in [1.807, 2.05) is 0 Å². The van der Waals surface area contributed by atoms with Gasteiger partial charge in [0.15, 0.2) is 11.2 Å². The third-order valence-electron chi connectivity index (χ3n) is 4.53. The van der Waals surface area contributed by atoms with Crippen molar-refractivity contribution in [3.05, 3.63) is 92.8 Å². The van der Waals surface area contributed by atoms with Crippen LogP contribution in [0, 0.1) is 0 Å². The lowest BCUT2D eigenvalue weighted by molar-refractivity contribution is 0.0997. The van der Waals surface area contributed by atoms with Gasteiger partial charge in [-0.3, -0.25) is 18.7 Å². The Kier molecular flexibility index (Phi) is 4.52. The molecule has 0 spiro atoms. The molecule has 0 saturated carbocycles. The highest BCUT2D eigenvalue weighted by Crippen LogP contribution is 2.16. The molecular formula is C21H17N3O5. The van der Waals surface area contributed by atoms with Crippen LogP contribution in [0.2, 0.25) is 0 Å². The average molecular weight is 391 g/mol. The van der Waals surface area contributed by atoms with Gasteiger partial charge in [-0.05, 0) is 29.8 Å². The second-order valence-electron chi connectivity index (χ2n) is 6.59. The molecule has 2 heterocycles. The summed E-state index contributed by atoms with van der Waals surface area (Å²) in [5, 5.41) is 12.9.